The van der Waals surface area contributed by atoms with Gasteiger partial charge in [0.2, 0.25) is 0 Å². The molecule has 0 spiro atoms. The minimum Gasteiger partial charge on any atom is -0.494 e. The van der Waals surface area contributed by atoms with E-state index in [0.717, 1.165) is 10.6 Å². The number of carbonyl (C=O) groups is 3. The number of aromatic carboxylic acids is 1. The minimum atomic E-state index is -1.16. The van der Waals surface area contributed by atoms with Gasteiger partial charge < -0.3 is 15.2 Å². The first-order valence-corrected chi connectivity index (χ1v) is 10.6. The van der Waals surface area contributed by atoms with Crippen LogP contribution >= 0.6 is 11.8 Å². The van der Waals surface area contributed by atoms with Crippen molar-refractivity contribution < 1.29 is 24.2 Å². The molecule has 0 aromatic heterocycles. The zero-order chi connectivity index (χ0) is 22.2. The summed E-state index contributed by atoms with van der Waals surface area (Å²) in [6.45, 7) is 2.48. The molecule has 0 aliphatic heterocycles. The fourth-order valence-electron chi connectivity index (χ4n) is 2.84. The predicted molar refractivity (Wildman–Crippen MR) is 120 cm³/mol. The highest BCUT2D eigenvalue weighted by Crippen LogP contribution is 2.23. The number of nitrogens with one attached hydrogen (secondary N) is 1. The summed E-state index contributed by atoms with van der Waals surface area (Å²) in [7, 11) is 0. The van der Waals surface area contributed by atoms with Crippen LogP contribution in [0.5, 0.6) is 5.75 Å². The minimum absolute atomic E-state index is 0.00991. The van der Waals surface area contributed by atoms with Gasteiger partial charge >= 0.3 is 5.97 Å². The maximum atomic E-state index is 12.4. The fraction of sp³-hybridized carbons (Fsp3) is 0.125. The normalized spacial score (nSPS) is 10.4. The van der Waals surface area contributed by atoms with Crippen molar-refractivity contribution in [1.82, 2.24) is 0 Å². The molecule has 0 heterocycles. The van der Waals surface area contributed by atoms with Crippen LogP contribution in [-0.2, 0) is 0 Å². The van der Waals surface area contributed by atoms with Crippen molar-refractivity contribution >= 4 is 35.1 Å². The van der Waals surface area contributed by atoms with Crippen LogP contribution in [0.25, 0.3) is 0 Å². The third kappa shape index (κ3) is 5.96. The van der Waals surface area contributed by atoms with Crippen molar-refractivity contribution in [3.05, 3.63) is 89.5 Å². The first kappa shape index (κ1) is 22.1. The molecule has 31 heavy (non-hydrogen) atoms. The zero-order valence-corrected chi connectivity index (χ0v) is 17.6. The van der Waals surface area contributed by atoms with Crippen LogP contribution in [0, 0.1) is 0 Å². The molecular weight excluding hydrogens is 414 g/mol. The number of hydrogen-bond donors (Lipinski definition) is 2. The molecule has 0 fully saturated rings. The fourth-order valence-corrected chi connectivity index (χ4v) is 3.63. The lowest BCUT2D eigenvalue weighted by molar-refractivity contribution is 0.0692. The van der Waals surface area contributed by atoms with Gasteiger partial charge in [0.25, 0.3) is 5.91 Å². The average Bonchev–Trinajstić information content (AvgIpc) is 2.79. The third-order valence-electron chi connectivity index (χ3n) is 4.37. The molecule has 0 radical (unpaired) electrons. The van der Waals surface area contributed by atoms with Crippen molar-refractivity contribution in [2.24, 2.45) is 0 Å². The maximum Gasteiger partial charge on any atom is 0.336 e. The first-order valence-electron chi connectivity index (χ1n) is 9.60. The standard InChI is InChI=1S/C24H21NO5S/c1-2-30-18-11-7-16(8-12-18)22(26)15-31-19-13-9-17(10-14-19)25-23(27)20-5-3-4-6-21(20)24(28)29/h3-14H,2,15H2,1H3,(H,25,27)(H,28,29). The molecule has 158 valence electrons. The largest absolute Gasteiger partial charge is 0.494 e. The van der Waals surface area contributed by atoms with Crippen LogP contribution < -0.4 is 10.1 Å². The molecule has 0 saturated carbocycles. The Morgan fingerprint density at radius 3 is 2.16 bits per heavy atom. The maximum absolute atomic E-state index is 12.4. The van der Waals surface area contributed by atoms with E-state index in [9.17, 15) is 19.5 Å². The molecule has 0 aliphatic carbocycles. The molecular formula is C24H21NO5S. The summed E-state index contributed by atoms with van der Waals surface area (Å²) in [5.41, 5.74) is 1.19. The Morgan fingerprint density at radius 1 is 0.903 bits per heavy atom. The van der Waals surface area contributed by atoms with Gasteiger partial charge in [-0.1, -0.05) is 12.1 Å². The Labute approximate surface area is 184 Å². The SMILES string of the molecule is CCOc1ccc(C(=O)CSc2ccc(NC(=O)c3ccccc3C(=O)O)cc2)cc1. The third-order valence-corrected chi connectivity index (χ3v) is 5.38. The van der Waals surface area contributed by atoms with E-state index in [-0.39, 0.29) is 22.7 Å². The number of benzene rings is 3. The number of anilines is 1. The molecule has 0 unspecified atom stereocenters. The Hall–Kier alpha value is -3.58. The van der Waals surface area contributed by atoms with E-state index in [2.05, 4.69) is 5.32 Å². The van der Waals surface area contributed by atoms with Crippen molar-refractivity contribution in [3.63, 3.8) is 0 Å². The van der Waals surface area contributed by atoms with Gasteiger partial charge in [-0.25, -0.2) is 4.79 Å². The molecule has 0 atom stereocenters. The smallest absolute Gasteiger partial charge is 0.336 e. The number of thioether (sulfide) groups is 1. The van der Waals surface area contributed by atoms with Crippen molar-refractivity contribution in [3.8, 4) is 5.75 Å². The van der Waals surface area contributed by atoms with E-state index >= 15 is 0 Å². The van der Waals surface area contributed by atoms with Gasteiger partial charge in [0, 0.05) is 16.1 Å². The van der Waals surface area contributed by atoms with E-state index in [1.807, 2.05) is 6.92 Å². The number of hydrogen-bond acceptors (Lipinski definition) is 5. The van der Waals surface area contributed by atoms with E-state index in [0.29, 0.717) is 17.9 Å². The van der Waals surface area contributed by atoms with Gasteiger partial charge in [0.15, 0.2) is 5.78 Å². The van der Waals surface area contributed by atoms with Crippen LogP contribution in [-0.4, -0.2) is 35.1 Å². The van der Waals surface area contributed by atoms with E-state index < -0.39 is 11.9 Å². The number of amides is 1. The van der Waals surface area contributed by atoms with Crippen LogP contribution in [0.4, 0.5) is 5.69 Å². The number of rotatable bonds is 9. The molecule has 3 aromatic rings. The summed E-state index contributed by atoms with van der Waals surface area (Å²) in [5.74, 6) is -0.629. The molecule has 7 heteroatoms. The number of ketones is 1. The van der Waals surface area contributed by atoms with E-state index in [1.54, 1.807) is 60.7 Å². The second-order valence-electron chi connectivity index (χ2n) is 6.50. The monoisotopic (exact) mass is 435 g/mol. The van der Waals surface area contributed by atoms with Gasteiger partial charge in [-0.2, -0.15) is 0 Å². The van der Waals surface area contributed by atoms with E-state index in [4.69, 9.17) is 4.74 Å². The van der Waals surface area contributed by atoms with Crippen molar-refractivity contribution in [2.45, 2.75) is 11.8 Å². The summed E-state index contributed by atoms with van der Waals surface area (Å²) < 4.78 is 5.38. The average molecular weight is 436 g/mol. The zero-order valence-electron chi connectivity index (χ0n) is 16.8. The molecule has 0 aliphatic rings. The number of carboxylic acids is 1. The highest BCUT2D eigenvalue weighted by atomic mass is 32.2. The van der Waals surface area contributed by atoms with Crippen molar-refractivity contribution in [1.29, 1.82) is 0 Å². The highest BCUT2D eigenvalue weighted by Gasteiger charge is 2.16. The van der Waals surface area contributed by atoms with Crippen LogP contribution in [0.3, 0.4) is 0 Å². The first-order chi connectivity index (χ1) is 15.0. The highest BCUT2D eigenvalue weighted by molar-refractivity contribution is 8.00. The number of ether oxygens (including phenoxy) is 1. The summed E-state index contributed by atoms with van der Waals surface area (Å²) in [4.78, 5) is 37.0. The molecule has 0 bridgehead atoms. The van der Waals surface area contributed by atoms with Crippen LogP contribution in [0.1, 0.15) is 38.0 Å². The summed E-state index contributed by atoms with van der Waals surface area (Å²) >= 11 is 1.40. The Balaban J connectivity index is 1.57. The predicted octanol–water partition coefficient (Wildman–Crippen LogP) is 5.01. The molecule has 0 saturated heterocycles. The van der Waals surface area contributed by atoms with Crippen LogP contribution in [0.15, 0.2) is 77.7 Å². The lowest BCUT2D eigenvalue weighted by Gasteiger charge is -2.09. The molecule has 1 amide bonds. The van der Waals surface area contributed by atoms with Gasteiger partial charge in [0.1, 0.15) is 5.75 Å². The van der Waals surface area contributed by atoms with Gasteiger partial charge in [-0.3, -0.25) is 9.59 Å². The molecule has 2 N–H and O–H groups in total. The van der Waals surface area contributed by atoms with Gasteiger partial charge in [-0.15, -0.1) is 11.8 Å². The number of carbonyl (C=O) groups excluding carboxylic acids is 2. The van der Waals surface area contributed by atoms with Crippen LogP contribution in [0.2, 0.25) is 0 Å². The number of carboxylic acid groups (broad SMARTS) is 1. The lowest BCUT2D eigenvalue weighted by atomic mass is 10.1. The molecule has 6 nitrogen and oxygen atoms in total. The summed E-state index contributed by atoms with van der Waals surface area (Å²) in [6.07, 6.45) is 0. The quantitative estimate of drug-likeness (QED) is 0.363. The number of Topliss-reactive ketones (excluding diaryl/α,β-unsaturated/α-hetero) is 1. The molecule has 3 rings (SSSR count). The topological polar surface area (TPSA) is 92.7 Å². The van der Waals surface area contributed by atoms with Gasteiger partial charge in [0.05, 0.1) is 23.5 Å². The Kier molecular flexibility index (Phi) is 7.45. The Bertz CT molecular complexity index is 1080. The summed E-state index contributed by atoms with van der Waals surface area (Å²) in [5, 5.41) is 11.9. The molecule has 3 aromatic carbocycles. The van der Waals surface area contributed by atoms with E-state index in [1.165, 1.54) is 23.9 Å². The van der Waals surface area contributed by atoms with Crippen molar-refractivity contribution in [2.75, 3.05) is 17.7 Å². The van der Waals surface area contributed by atoms with Gasteiger partial charge in [-0.05, 0) is 67.6 Å². The second-order valence-corrected chi connectivity index (χ2v) is 7.55. The Morgan fingerprint density at radius 2 is 1.55 bits per heavy atom. The summed E-state index contributed by atoms with van der Waals surface area (Å²) in [6, 6.07) is 20.1. The second kappa shape index (κ2) is 10.4. The lowest BCUT2D eigenvalue weighted by Crippen LogP contribution is -2.16.